The van der Waals surface area contributed by atoms with Gasteiger partial charge in [0.2, 0.25) is 0 Å². The van der Waals surface area contributed by atoms with Crippen molar-refractivity contribution in [1.82, 2.24) is 0 Å². The fourth-order valence-corrected chi connectivity index (χ4v) is 3.30. The Morgan fingerprint density at radius 2 is 1.92 bits per heavy atom. The van der Waals surface area contributed by atoms with Gasteiger partial charge in [-0.05, 0) is 54.6 Å². The molecule has 122 valence electrons. The summed E-state index contributed by atoms with van der Waals surface area (Å²) in [5, 5.41) is 10.8. The molecule has 7 heteroatoms. The van der Waals surface area contributed by atoms with Crippen molar-refractivity contribution in [3.63, 3.8) is 0 Å². The number of hydrogen-bond donors (Lipinski definition) is 2. The molecule has 2 N–H and O–H groups in total. The fraction of sp³-hybridized carbons (Fsp3) is 0.118. The number of imide groups is 1. The van der Waals surface area contributed by atoms with Gasteiger partial charge in [0.05, 0.1) is 11.3 Å². The van der Waals surface area contributed by atoms with Crippen LogP contribution in [-0.4, -0.2) is 27.6 Å². The number of benzene rings is 2. The molecular formula is C17H14N2O4S. The zero-order valence-electron chi connectivity index (χ0n) is 12.7. The van der Waals surface area contributed by atoms with Gasteiger partial charge in [0.25, 0.3) is 11.1 Å². The molecule has 0 aliphatic carbocycles. The molecule has 3 rings (SSSR count). The molecule has 0 aromatic heterocycles. The van der Waals surface area contributed by atoms with E-state index in [1.807, 2.05) is 13.0 Å². The number of aromatic carboxylic acids is 1. The van der Waals surface area contributed by atoms with Crippen LogP contribution in [-0.2, 0) is 4.79 Å². The van der Waals surface area contributed by atoms with Crippen molar-refractivity contribution in [3.05, 3.63) is 59.7 Å². The smallest absolute Gasteiger partial charge is 0.335 e. The number of carboxylic acid groups (broad SMARTS) is 1. The van der Waals surface area contributed by atoms with Crippen molar-refractivity contribution in [1.29, 1.82) is 0 Å². The molecule has 1 fully saturated rings. The highest BCUT2D eigenvalue weighted by Gasteiger charge is 2.40. The first kappa shape index (κ1) is 16.1. The number of nitrogens with zero attached hydrogens (tertiary/aromatic N) is 1. The van der Waals surface area contributed by atoms with Crippen LogP contribution in [0.4, 0.5) is 16.2 Å². The van der Waals surface area contributed by atoms with Gasteiger partial charge in [-0.25, -0.2) is 9.69 Å². The topological polar surface area (TPSA) is 86.7 Å². The molecule has 2 aromatic carbocycles. The predicted octanol–water partition coefficient (Wildman–Crippen LogP) is 3.33. The Balaban J connectivity index is 1.82. The van der Waals surface area contributed by atoms with E-state index >= 15 is 0 Å². The van der Waals surface area contributed by atoms with Crippen molar-refractivity contribution >= 4 is 40.3 Å². The van der Waals surface area contributed by atoms with Crippen molar-refractivity contribution in [2.45, 2.75) is 12.3 Å². The van der Waals surface area contributed by atoms with Crippen molar-refractivity contribution in [2.75, 3.05) is 10.2 Å². The number of hydrogen-bond acceptors (Lipinski definition) is 5. The second-order valence-electron chi connectivity index (χ2n) is 5.31. The van der Waals surface area contributed by atoms with Crippen molar-refractivity contribution in [2.24, 2.45) is 0 Å². The van der Waals surface area contributed by atoms with Crippen LogP contribution in [0.2, 0.25) is 0 Å². The molecule has 24 heavy (non-hydrogen) atoms. The predicted molar refractivity (Wildman–Crippen MR) is 92.5 cm³/mol. The summed E-state index contributed by atoms with van der Waals surface area (Å²) in [5.74, 6) is -1.43. The number of thioether (sulfide) groups is 1. The zero-order valence-corrected chi connectivity index (χ0v) is 13.5. The van der Waals surface area contributed by atoms with Gasteiger partial charge in [-0.3, -0.25) is 9.59 Å². The third kappa shape index (κ3) is 3.11. The van der Waals surface area contributed by atoms with E-state index < -0.39 is 11.3 Å². The van der Waals surface area contributed by atoms with Crippen molar-refractivity contribution in [3.8, 4) is 0 Å². The van der Waals surface area contributed by atoms with Gasteiger partial charge in [-0.1, -0.05) is 18.2 Å². The lowest BCUT2D eigenvalue weighted by Crippen LogP contribution is -2.34. The first-order valence-corrected chi connectivity index (χ1v) is 8.05. The van der Waals surface area contributed by atoms with Gasteiger partial charge in [0.1, 0.15) is 0 Å². The minimum atomic E-state index is -1.05. The summed E-state index contributed by atoms with van der Waals surface area (Å²) in [4.78, 5) is 36.9. The molecule has 1 atom stereocenters. The highest BCUT2D eigenvalue weighted by molar-refractivity contribution is 8.16. The maximum absolute atomic E-state index is 12.6. The molecule has 0 saturated carbocycles. The molecular weight excluding hydrogens is 328 g/mol. The number of carbonyl (C=O) groups excluding carboxylic acids is 2. The normalized spacial score (nSPS) is 17.2. The van der Waals surface area contributed by atoms with E-state index in [4.69, 9.17) is 5.11 Å². The molecule has 0 bridgehead atoms. The molecule has 1 aliphatic heterocycles. The van der Waals surface area contributed by atoms with Crippen LogP contribution in [0.3, 0.4) is 0 Å². The summed E-state index contributed by atoms with van der Waals surface area (Å²) < 4.78 is 0. The second-order valence-corrected chi connectivity index (χ2v) is 6.36. The summed E-state index contributed by atoms with van der Waals surface area (Å²) in [6.07, 6.45) is 0. The first-order valence-electron chi connectivity index (χ1n) is 7.17. The molecule has 6 nitrogen and oxygen atoms in total. The standard InChI is InChI=1S/C17H14N2O4S/c1-10-4-2-7-13(8-10)19-15(20)14(24-17(19)23)18-12-6-3-5-11(9-12)16(21)22/h2-9,14,18H,1H3,(H,21,22). The number of carbonyl (C=O) groups is 3. The summed E-state index contributed by atoms with van der Waals surface area (Å²) in [6.45, 7) is 1.88. The molecule has 2 amide bonds. The van der Waals surface area contributed by atoms with Gasteiger partial charge in [0, 0.05) is 5.69 Å². The Hall–Kier alpha value is -2.80. The quantitative estimate of drug-likeness (QED) is 0.886. The highest BCUT2D eigenvalue weighted by Crippen LogP contribution is 2.32. The molecule has 1 unspecified atom stereocenters. The second kappa shape index (κ2) is 6.37. The van der Waals surface area contributed by atoms with Gasteiger partial charge in [0.15, 0.2) is 5.37 Å². The minimum Gasteiger partial charge on any atom is -0.478 e. The van der Waals surface area contributed by atoms with Crippen molar-refractivity contribution < 1.29 is 19.5 Å². The molecule has 0 spiro atoms. The van der Waals surface area contributed by atoms with E-state index in [9.17, 15) is 14.4 Å². The van der Waals surface area contributed by atoms with Gasteiger partial charge >= 0.3 is 5.97 Å². The van der Waals surface area contributed by atoms with Crippen LogP contribution < -0.4 is 10.2 Å². The molecule has 1 aliphatic rings. The van der Waals surface area contributed by atoms with Gasteiger partial charge in [-0.15, -0.1) is 0 Å². The average molecular weight is 342 g/mol. The third-order valence-electron chi connectivity index (χ3n) is 3.51. The number of carboxylic acids is 1. The van der Waals surface area contributed by atoms with E-state index in [2.05, 4.69) is 5.32 Å². The number of anilines is 2. The van der Waals surface area contributed by atoms with E-state index in [0.29, 0.717) is 11.4 Å². The first-order chi connectivity index (χ1) is 11.5. The summed E-state index contributed by atoms with van der Waals surface area (Å²) >= 11 is 0.870. The van der Waals surface area contributed by atoms with E-state index in [1.165, 1.54) is 12.1 Å². The summed E-state index contributed by atoms with van der Waals surface area (Å²) in [6, 6.07) is 13.3. The molecule has 0 radical (unpaired) electrons. The lowest BCUT2D eigenvalue weighted by Gasteiger charge is -2.15. The van der Waals surface area contributed by atoms with Crippen LogP contribution in [0.5, 0.6) is 0 Å². The lowest BCUT2D eigenvalue weighted by atomic mass is 10.2. The van der Waals surface area contributed by atoms with Crippen LogP contribution in [0, 0.1) is 6.92 Å². The fourth-order valence-electron chi connectivity index (χ4n) is 2.40. The van der Waals surface area contributed by atoms with Crippen LogP contribution in [0.25, 0.3) is 0 Å². The van der Waals surface area contributed by atoms with Gasteiger partial charge < -0.3 is 10.4 Å². The van der Waals surface area contributed by atoms with Crippen LogP contribution >= 0.6 is 11.8 Å². The molecule has 1 saturated heterocycles. The Kier molecular flexibility index (Phi) is 4.26. The molecule has 1 heterocycles. The Morgan fingerprint density at radius 1 is 1.17 bits per heavy atom. The van der Waals surface area contributed by atoms with Crippen LogP contribution in [0.1, 0.15) is 15.9 Å². The number of aryl methyl sites for hydroxylation is 1. The average Bonchev–Trinajstić information content (AvgIpc) is 2.81. The maximum atomic E-state index is 12.6. The monoisotopic (exact) mass is 342 g/mol. The maximum Gasteiger partial charge on any atom is 0.335 e. The molecule has 2 aromatic rings. The minimum absolute atomic E-state index is 0.109. The van der Waals surface area contributed by atoms with Crippen LogP contribution in [0.15, 0.2) is 48.5 Å². The van der Waals surface area contributed by atoms with E-state index in [0.717, 1.165) is 22.2 Å². The number of amides is 2. The summed E-state index contributed by atoms with van der Waals surface area (Å²) in [5.41, 5.74) is 2.06. The Labute approximate surface area is 142 Å². The number of rotatable bonds is 4. The largest absolute Gasteiger partial charge is 0.478 e. The zero-order chi connectivity index (χ0) is 17.3. The van der Waals surface area contributed by atoms with E-state index in [1.54, 1.807) is 30.3 Å². The number of nitrogens with one attached hydrogen (secondary N) is 1. The lowest BCUT2D eigenvalue weighted by molar-refractivity contribution is -0.116. The van der Waals surface area contributed by atoms with E-state index in [-0.39, 0.29) is 16.7 Å². The SMILES string of the molecule is Cc1cccc(N2C(=O)SC(Nc3cccc(C(=O)O)c3)C2=O)c1. The summed E-state index contributed by atoms with van der Waals surface area (Å²) in [7, 11) is 0. The Morgan fingerprint density at radius 3 is 2.62 bits per heavy atom. The third-order valence-corrected chi connectivity index (χ3v) is 4.45. The van der Waals surface area contributed by atoms with Gasteiger partial charge in [-0.2, -0.15) is 0 Å². The Bertz CT molecular complexity index is 837. The highest BCUT2D eigenvalue weighted by atomic mass is 32.2.